The molecule has 0 saturated carbocycles. The zero-order valence-electron chi connectivity index (χ0n) is 16.1. The SMILES string of the molecule is CN=C(NCc1cccc(NC(=O)c2ccco2)c1)NCc1cc(F)ccc1F.I. The Morgan fingerprint density at radius 3 is 2.57 bits per heavy atom. The number of rotatable bonds is 6. The lowest BCUT2D eigenvalue weighted by Crippen LogP contribution is -2.36. The van der Waals surface area contributed by atoms with Gasteiger partial charge >= 0.3 is 0 Å². The van der Waals surface area contributed by atoms with Crippen LogP contribution in [0.15, 0.2) is 70.3 Å². The molecule has 0 radical (unpaired) electrons. The van der Waals surface area contributed by atoms with Gasteiger partial charge in [-0.2, -0.15) is 0 Å². The maximum absolute atomic E-state index is 13.7. The molecule has 0 unspecified atom stereocenters. The highest BCUT2D eigenvalue weighted by atomic mass is 127. The third-order valence-electron chi connectivity index (χ3n) is 4.07. The third kappa shape index (κ3) is 6.55. The highest BCUT2D eigenvalue weighted by Gasteiger charge is 2.09. The molecule has 3 rings (SSSR count). The Balaban J connectivity index is 0.00000320. The van der Waals surface area contributed by atoms with Crippen molar-refractivity contribution in [2.24, 2.45) is 4.99 Å². The fraction of sp³-hybridized carbons (Fsp3) is 0.143. The summed E-state index contributed by atoms with van der Waals surface area (Å²) < 4.78 is 32.1. The molecule has 6 nitrogen and oxygen atoms in total. The molecule has 1 aromatic heterocycles. The predicted octanol–water partition coefficient (Wildman–Crippen LogP) is 4.29. The quantitative estimate of drug-likeness (QED) is 0.255. The summed E-state index contributed by atoms with van der Waals surface area (Å²) in [6.07, 6.45) is 1.43. The Hall–Kier alpha value is -2.95. The number of nitrogens with zero attached hydrogens (tertiary/aromatic N) is 1. The van der Waals surface area contributed by atoms with Crippen molar-refractivity contribution in [1.82, 2.24) is 10.6 Å². The Morgan fingerprint density at radius 2 is 1.83 bits per heavy atom. The molecule has 2 aromatic carbocycles. The highest BCUT2D eigenvalue weighted by molar-refractivity contribution is 14.0. The summed E-state index contributed by atoms with van der Waals surface area (Å²) in [7, 11) is 1.58. The van der Waals surface area contributed by atoms with Gasteiger partial charge in [-0.1, -0.05) is 12.1 Å². The number of hydrogen-bond acceptors (Lipinski definition) is 3. The topological polar surface area (TPSA) is 78.7 Å². The summed E-state index contributed by atoms with van der Waals surface area (Å²) in [6, 6.07) is 13.8. The van der Waals surface area contributed by atoms with E-state index in [1.807, 2.05) is 18.2 Å². The molecule has 0 aliphatic carbocycles. The fourth-order valence-corrected chi connectivity index (χ4v) is 2.62. The van der Waals surface area contributed by atoms with Crippen molar-refractivity contribution in [2.75, 3.05) is 12.4 Å². The molecule has 0 bridgehead atoms. The molecule has 0 aliphatic heterocycles. The zero-order chi connectivity index (χ0) is 20.6. The van der Waals surface area contributed by atoms with E-state index in [-0.39, 0.29) is 47.8 Å². The maximum atomic E-state index is 13.7. The maximum Gasteiger partial charge on any atom is 0.291 e. The van der Waals surface area contributed by atoms with Crippen molar-refractivity contribution in [3.63, 3.8) is 0 Å². The monoisotopic (exact) mass is 526 g/mol. The van der Waals surface area contributed by atoms with Crippen LogP contribution in [0.3, 0.4) is 0 Å². The minimum Gasteiger partial charge on any atom is -0.459 e. The van der Waals surface area contributed by atoms with Crippen LogP contribution in [0, 0.1) is 11.6 Å². The summed E-state index contributed by atoms with van der Waals surface area (Å²) in [5.41, 5.74) is 1.72. The summed E-state index contributed by atoms with van der Waals surface area (Å²) in [4.78, 5) is 16.1. The first-order valence-corrected chi connectivity index (χ1v) is 8.87. The Morgan fingerprint density at radius 1 is 1.03 bits per heavy atom. The normalized spacial score (nSPS) is 10.8. The lowest BCUT2D eigenvalue weighted by molar-refractivity contribution is 0.0996. The van der Waals surface area contributed by atoms with Gasteiger partial charge in [-0.05, 0) is 48.0 Å². The average Bonchev–Trinajstić information content (AvgIpc) is 3.26. The average molecular weight is 526 g/mol. The van der Waals surface area contributed by atoms with Gasteiger partial charge in [-0.3, -0.25) is 9.79 Å². The van der Waals surface area contributed by atoms with Gasteiger partial charge in [0.15, 0.2) is 11.7 Å². The number of benzene rings is 2. The standard InChI is InChI=1S/C21H20F2N4O2.HI/c1-24-21(26-13-15-11-16(22)7-8-18(15)23)25-12-14-4-2-5-17(10-14)27-20(28)19-6-3-9-29-19;/h2-11H,12-13H2,1H3,(H,27,28)(H2,24,25,26);1H. The molecule has 3 N–H and O–H groups in total. The van der Waals surface area contributed by atoms with E-state index in [4.69, 9.17) is 4.42 Å². The van der Waals surface area contributed by atoms with Crippen molar-refractivity contribution in [3.8, 4) is 0 Å². The molecule has 0 saturated heterocycles. The van der Waals surface area contributed by atoms with Crippen LogP contribution >= 0.6 is 24.0 Å². The molecule has 158 valence electrons. The van der Waals surface area contributed by atoms with Crippen LogP contribution in [0.2, 0.25) is 0 Å². The van der Waals surface area contributed by atoms with Crippen LogP contribution in [0.1, 0.15) is 21.7 Å². The molecule has 0 fully saturated rings. The van der Waals surface area contributed by atoms with Crippen molar-refractivity contribution in [1.29, 1.82) is 0 Å². The minimum absolute atomic E-state index is 0. The van der Waals surface area contributed by atoms with Gasteiger partial charge in [0.2, 0.25) is 0 Å². The van der Waals surface area contributed by atoms with E-state index in [1.165, 1.54) is 6.26 Å². The summed E-state index contributed by atoms with van der Waals surface area (Å²) in [6.45, 7) is 0.498. The van der Waals surface area contributed by atoms with Gasteiger partial charge in [0.1, 0.15) is 11.6 Å². The highest BCUT2D eigenvalue weighted by Crippen LogP contribution is 2.13. The van der Waals surface area contributed by atoms with Gasteiger partial charge in [0.05, 0.1) is 6.26 Å². The first-order valence-electron chi connectivity index (χ1n) is 8.87. The van der Waals surface area contributed by atoms with Gasteiger partial charge in [-0.15, -0.1) is 24.0 Å². The molecule has 30 heavy (non-hydrogen) atoms. The van der Waals surface area contributed by atoms with Crippen LogP contribution < -0.4 is 16.0 Å². The number of halogens is 3. The van der Waals surface area contributed by atoms with Crippen molar-refractivity contribution in [3.05, 3.63) is 89.4 Å². The molecular formula is C21H21F2IN4O2. The molecule has 0 spiro atoms. The Kier molecular flexibility index (Phi) is 8.78. The number of hydrogen-bond donors (Lipinski definition) is 3. The third-order valence-corrected chi connectivity index (χ3v) is 4.07. The summed E-state index contributed by atoms with van der Waals surface area (Å²) >= 11 is 0. The lowest BCUT2D eigenvalue weighted by Gasteiger charge is -2.13. The molecule has 3 aromatic rings. The molecule has 1 amide bonds. The zero-order valence-corrected chi connectivity index (χ0v) is 18.4. The molecular weight excluding hydrogens is 505 g/mol. The van der Waals surface area contributed by atoms with Crippen LogP contribution in [0.4, 0.5) is 14.5 Å². The second-order valence-electron chi connectivity index (χ2n) is 6.15. The number of guanidine groups is 1. The van der Waals surface area contributed by atoms with Crippen LogP contribution in [-0.2, 0) is 13.1 Å². The molecule has 0 aliphatic rings. The van der Waals surface area contributed by atoms with E-state index >= 15 is 0 Å². The fourth-order valence-electron chi connectivity index (χ4n) is 2.62. The van der Waals surface area contributed by atoms with Gasteiger partial charge in [-0.25, -0.2) is 8.78 Å². The number of anilines is 1. The second kappa shape index (κ2) is 11.3. The van der Waals surface area contributed by atoms with E-state index in [0.717, 1.165) is 23.8 Å². The molecule has 1 heterocycles. The van der Waals surface area contributed by atoms with E-state index in [2.05, 4.69) is 20.9 Å². The van der Waals surface area contributed by atoms with Crippen LogP contribution in [0.25, 0.3) is 0 Å². The van der Waals surface area contributed by atoms with Crippen LogP contribution in [-0.4, -0.2) is 18.9 Å². The first-order chi connectivity index (χ1) is 14.0. The van der Waals surface area contributed by atoms with E-state index < -0.39 is 11.6 Å². The minimum atomic E-state index is -0.500. The van der Waals surface area contributed by atoms with Crippen molar-refractivity contribution < 1.29 is 18.0 Å². The first kappa shape index (κ1) is 23.3. The lowest BCUT2D eigenvalue weighted by atomic mass is 10.2. The van der Waals surface area contributed by atoms with Gasteiger partial charge in [0.25, 0.3) is 5.91 Å². The summed E-state index contributed by atoms with van der Waals surface area (Å²) in [5.74, 6) is -0.676. The number of carbonyl (C=O) groups excluding carboxylic acids is 1. The van der Waals surface area contributed by atoms with E-state index in [0.29, 0.717) is 18.2 Å². The summed E-state index contributed by atoms with van der Waals surface area (Å²) in [5, 5.41) is 8.79. The van der Waals surface area contributed by atoms with Crippen molar-refractivity contribution in [2.45, 2.75) is 13.1 Å². The second-order valence-corrected chi connectivity index (χ2v) is 6.15. The Bertz CT molecular complexity index is 1010. The number of furan rings is 1. The van der Waals surface area contributed by atoms with E-state index in [1.54, 1.807) is 25.2 Å². The largest absolute Gasteiger partial charge is 0.459 e. The Labute approximate surface area is 189 Å². The molecule has 9 heteroatoms. The predicted molar refractivity (Wildman–Crippen MR) is 122 cm³/mol. The van der Waals surface area contributed by atoms with Gasteiger partial charge in [0, 0.05) is 31.4 Å². The molecule has 0 atom stereocenters. The number of nitrogens with one attached hydrogen (secondary N) is 3. The van der Waals surface area contributed by atoms with E-state index in [9.17, 15) is 13.6 Å². The van der Waals surface area contributed by atoms with Crippen molar-refractivity contribution >= 4 is 41.5 Å². The van der Waals surface area contributed by atoms with Crippen LogP contribution in [0.5, 0.6) is 0 Å². The smallest absolute Gasteiger partial charge is 0.291 e. The van der Waals surface area contributed by atoms with Gasteiger partial charge < -0.3 is 20.4 Å². The number of carbonyl (C=O) groups is 1. The number of amides is 1. The number of aliphatic imine (C=N–C) groups is 1.